The van der Waals surface area contributed by atoms with E-state index in [0.717, 1.165) is 19.3 Å². The zero-order valence-corrected chi connectivity index (χ0v) is 16.9. The molecule has 0 saturated carbocycles. The van der Waals surface area contributed by atoms with E-state index in [4.69, 9.17) is 5.11 Å². The molecule has 0 aliphatic heterocycles. The summed E-state index contributed by atoms with van der Waals surface area (Å²) in [6.45, 7) is 6.00. The number of carbonyl (C=O) groups is 1. The number of hydrogen-bond acceptors (Lipinski definition) is 5. The Hall–Kier alpha value is -0.400. The summed E-state index contributed by atoms with van der Waals surface area (Å²) in [5.41, 5.74) is 0. The SMILES string of the molecule is C/C=C/CCCCC([O-])=NCCN(CC(C)O)C(C)C(=O)O.[Na+]. The first kappa shape index (κ1) is 24.8. The van der Waals surface area contributed by atoms with Crippen LogP contribution in [0.25, 0.3) is 0 Å². The van der Waals surface area contributed by atoms with Gasteiger partial charge in [-0.3, -0.25) is 9.69 Å². The molecule has 6 nitrogen and oxygen atoms in total. The Bertz CT molecular complexity index is 373. The van der Waals surface area contributed by atoms with Crippen LogP contribution in [0.2, 0.25) is 0 Å². The molecule has 7 heteroatoms. The zero-order chi connectivity index (χ0) is 17.0. The molecule has 0 aromatic carbocycles. The van der Waals surface area contributed by atoms with Gasteiger partial charge in [0.05, 0.1) is 12.6 Å². The number of aliphatic hydroxyl groups is 1. The molecule has 0 radical (unpaired) electrons. The van der Waals surface area contributed by atoms with Crippen molar-refractivity contribution in [3.63, 3.8) is 0 Å². The molecule has 128 valence electrons. The summed E-state index contributed by atoms with van der Waals surface area (Å²) >= 11 is 0. The van der Waals surface area contributed by atoms with Crippen molar-refractivity contribution in [2.24, 2.45) is 4.99 Å². The molecule has 0 bridgehead atoms. The molecule has 0 aromatic rings. The van der Waals surface area contributed by atoms with Crippen molar-refractivity contribution in [3.05, 3.63) is 12.2 Å². The third-order valence-electron chi connectivity index (χ3n) is 3.33. The topological polar surface area (TPSA) is 96.2 Å². The molecular weight excluding hydrogens is 307 g/mol. The van der Waals surface area contributed by atoms with Crippen LogP contribution in [0.15, 0.2) is 17.1 Å². The summed E-state index contributed by atoms with van der Waals surface area (Å²) in [7, 11) is 0. The quantitative estimate of drug-likeness (QED) is 0.142. The summed E-state index contributed by atoms with van der Waals surface area (Å²) in [5.74, 6) is -1.09. The van der Waals surface area contributed by atoms with Crippen molar-refractivity contribution in [2.75, 3.05) is 19.6 Å². The Labute approximate surface area is 161 Å². The number of aliphatic hydroxyl groups excluding tert-OH is 1. The summed E-state index contributed by atoms with van der Waals surface area (Å²) < 4.78 is 0. The molecule has 0 fully saturated rings. The molecule has 0 aliphatic carbocycles. The molecule has 2 unspecified atom stereocenters. The number of rotatable bonds is 12. The average Bonchev–Trinajstić information content (AvgIpc) is 2.44. The number of carboxylic acid groups (broad SMARTS) is 1. The van der Waals surface area contributed by atoms with Crippen LogP contribution in [0.1, 0.15) is 46.5 Å². The molecule has 0 aliphatic rings. The van der Waals surface area contributed by atoms with E-state index < -0.39 is 18.1 Å². The second kappa shape index (κ2) is 15.1. The fourth-order valence-electron chi connectivity index (χ4n) is 2.03. The van der Waals surface area contributed by atoms with Crippen LogP contribution in [0.5, 0.6) is 0 Å². The summed E-state index contributed by atoms with van der Waals surface area (Å²) in [6.07, 6.45) is 6.63. The second-order valence-corrected chi connectivity index (χ2v) is 5.45. The van der Waals surface area contributed by atoms with Gasteiger partial charge in [0.1, 0.15) is 6.04 Å². The van der Waals surface area contributed by atoms with Crippen molar-refractivity contribution >= 4 is 11.9 Å². The Morgan fingerprint density at radius 1 is 1.35 bits per heavy atom. The smallest absolute Gasteiger partial charge is 0.862 e. The van der Waals surface area contributed by atoms with E-state index >= 15 is 0 Å². The minimum Gasteiger partial charge on any atom is -0.862 e. The van der Waals surface area contributed by atoms with E-state index in [9.17, 15) is 15.0 Å². The fraction of sp³-hybridized carbons (Fsp3) is 0.750. The van der Waals surface area contributed by atoms with Crippen LogP contribution < -0.4 is 34.7 Å². The van der Waals surface area contributed by atoms with Gasteiger partial charge in [0.15, 0.2) is 0 Å². The Balaban J connectivity index is 0. The standard InChI is InChI=1S/C16H30N2O4.Na/c1-4-5-6-7-8-9-15(20)17-10-11-18(12-13(2)19)14(3)16(21)22;/h4-5,13-14,19H,6-12H2,1-3H3,(H,17,20)(H,21,22);/q;+1/p-1/b5-4+;. The van der Waals surface area contributed by atoms with Gasteiger partial charge in [-0.2, -0.15) is 0 Å². The Morgan fingerprint density at radius 2 is 2.00 bits per heavy atom. The number of allylic oxidation sites excluding steroid dienone is 2. The van der Waals surface area contributed by atoms with Gasteiger partial charge in [0.2, 0.25) is 0 Å². The van der Waals surface area contributed by atoms with Crippen LogP contribution in [-0.2, 0) is 4.79 Å². The van der Waals surface area contributed by atoms with Crippen LogP contribution >= 0.6 is 0 Å². The van der Waals surface area contributed by atoms with Crippen LogP contribution in [0.3, 0.4) is 0 Å². The molecule has 0 rings (SSSR count). The van der Waals surface area contributed by atoms with Gasteiger partial charge in [0.25, 0.3) is 0 Å². The number of carboxylic acids is 1. The normalized spacial score (nSPS) is 14.7. The first-order valence-corrected chi connectivity index (χ1v) is 7.84. The molecule has 2 atom stereocenters. The molecule has 2 N–H and O–H groups in total. The molecule has 0 amide bonds. The largest absolute Gasteiger partial charge is 1.00 e. The minimum absolute atomic E-state index is 0. The summed E-state index contributed by atoms with van der Waals surface area (Å²) in [6, 6.07) is -0.708. The second-order valence-electron chi connectivity index (χ2n) is 5.45. The molecule has 0 spiro atoms. The monoisotopic (exact) mass is 336 g/mol. The fourth-order valence-corrected chi connectivity index (χ4v) is 2.03. The average molecular weight is 336 g/mol. The van der Waals surface area contributed by atoms with Crippen LogP contribution in [0.4, 0.5) is 0 Å². The van der Waals surface area contributed by atoms with Crippen molar-refractivity contribution in [1.29, 1.82) is 0 Å². The van der Waals surface area contributed by atoms with E-state index in [2.05, 4.69) is 11.1 Å². The van der Waals surface area contributed by atoms with Gasteiger partial charge < -0.3 is 20.3 Å². The Morgan fingerprint density at radius 3 is 2.52 bits per heavy atom. The van der Waals surface area contributed by atoms with Crippen molar-refractivity contribution in [3.8, 4) is 0 Å². The predicted molar refractivity (Wildman–Crippen MR) is 85.9 cm³/mol. The van der Waals surface area contributed by atoms with E-state index in [1.807, 2.05) is 13.0 Å². The summed E-state index contributed by atoms with van der Waals surface area (Å²) in [5, 5.41) is 30.1. The third kappa shape index (κ3) is 13.7. The maximum absolute atomic E-state index is 11.6. The number of unbranched alkanes of at least 4 members (excludes halogenated alkanes) is 2. The van der Waals surface area contributed by atoms with Crippen LogP contribution in [0, 0.1) is 0 Å². The van der Waals surface area contributed by atoms with Gasteiger partial charge >= 0.3 is 35.5 Å². The van der Waals surface area contributed by atoms with Gasteiger partial charge in [-0.05, 0) is 52.4 Å². The first-order chi connectivity index (χ1) is 10.4. The number of hydrogen-bond donors (Lipinski definition) is 2. The molecule has 23 heavy (non-hydrogen) atoms. The molecule has 0 aromatic heterocycles. The van der Waals surface area contributed by atoms with Crippen molar-refractivity contribution in [2.45, 2.75) is 58.6 Å². The van der Waals surface area contributed by atoms with E-state index in [0.29, 0.717) is 13.0 Å². The minimum atomic E-state index is -0.948. The third-order valence-corrected chi connectivity index (χ3v) is 3.33. The molecular formula is C16H29N2NaO4. The predicted octanol–water partition coefficient (Wildman–Crippen LogP) is -1.96. The van der Waals surface area contributed by atoms with E-state index in [-0.39, 0.29) is 48.5 Å². The van der Waals surface area contributed by atoms with Gasteiger partial charge in [-0.25, -0.2) is 0 Å². The molecule has 0 heterocycles. The zero-order valence-electron chi connectivity index (χ0n) is 14.9. The van der Waals surface area contributed by atoms with Gasteiger partial charge in [-0.15, -0.1) is 0 Å². The number of nitrogens with zero attached hydrogens (tertiary/aromatic N) is 2. The maximum atomic E-state index is 11.6. The summed E-state index contributed by atoms with van der Waals surface area (Å²) in [4.78, 5) is 16.6. The van der Waals surface area contributed by atoms with Crippen molar-refractivity contribution < 1.29 is 49.7 Å². The van der Waals surface area contributed by atoms with Crippen molar-refractivity contribution in [1.82, 2.24) is 4.90 Å². The van der Waals surface area contributed by atoms with Gasteiger partial charge in [0, 0.05) is 13.1 Å². The van der Waals surface area contributed by atoms with Gasteiger partial charge in [-0.1, -0.05) is 12.2 Å². The number of aliphatic imine (C=N–C) groups is 1. The number of aliphatic carboxylic acids is 1. The molecule has 0 saturated heterocycles. The van der Waals surface area contributed by atoms with Crippen LogP contribution in [-0.4, -0.2) is 58.8 Å². The Kier molecular flexibility index (Phi) is 16.4. The van der Waals surface area contributed by atoms with E-state index in [1.165, 1.54) is 0 Å². The first-order valence-electron chi connectivity index (χ1n) is 7.84. The maximum Gasteiger partial charge on any atom is 1.00 e. The van der Waals surface area contributed by atoms with E-state index in [1.54, 1.807) is 18.7 Å².